The van der Waals surface area contributed by atoms with Crippen LogP contribution in [0.2, 0.25) is 0 Å². The summed E-state index contributed by atoms with van der Waals surface area (Å²) in [6.45, 7) is 0. The summed E-state index contributed by atoms with van der Waals surface area (Å²) in [6, 6.07) is 22.5. The van der Waals surface area contributed by atoms with Crippen molar-refractivity contribution < 1.29 is 19.1 Å². The lowest BCUT2D eigenvalue weighted by atomic mass is 10.1. The highest BCUT2D eigenvalue weighted by atomic mass is 16.5. The average molecular weight is 480 g/mol. The third kappa shape index (κ3) is 4.58. The van der Waals surface area contributed by atoms with Gasteiger partial charge in [-0.1, -0.05) is 18.2 Å². The Morgan fingerprint density at radius 2 is 1.83 bits per heavy atom. The van der Waals surface area contributed by atoms with E-state index in [-0.39, 0.29) is 11.1 Å². The number of benzene rings is 3. The maximum absolute atomic E-state index is 12.9. The number of anilines is 1. The van der Waals surface area contributed by atoms with Crippen molar-refractivity contribution in [3.05, 3.63) is 107 Å². The van der Waals surface area contributed by atoms with Gasteiger partial charge in [0.1, 0.15) is 17.0 Å². The zero-order valence-electron chi connectivity index (χ0n) is 19.1. The summed E-state index contributed by atoms with van der Waals surface area (Å²) in [6.07, 6.45) is 3.27. The quantitative estimate of drug-likeness (QED) is 0.195. The van der Waals surface area contributed by atoms with Gasteiger partial charge in [0, 0.05) is 17.1 Å². The van der Waals surface area contributed by atoms with E-state index in [1.54, 1.807) is 54.5 Å². The topological polar surface area (TPSA) is 119 Å². The number of carbonyl (C=O) groups is 1. The van der Waals surface area contributed by atoms with E-state index in [2.05, 4.69) is 15.6 Å². The van der Waals surface area contributed by atoms with E-state index in [4.69, 9.17) is 9.15 Å². The maximum Gasteiger partial charge on any atom is 0.345 e. The SMILES string of the molecule is COc1ccc(N/N=C/c2cn(-c3ccc(C(=O)O)cc3)nc2-c2cc3ccccc3oc2=O)cc1. The summed E-state index contributed by atoms with van der Waals surface area (Å²) >= 11 is 0. The van der Waals surface area contributed by atoms with E-state index >= 15 is 0 Å². The number of aromatic nitrogens is 2. The number of carboxylic acids is 1. The Balaban J connectivity index is 1.55. The molecule has 0 aliphatic carbocycles. The molecule has 9 heteroatoms. The van der Waals surface area contributed by atoms with Gasteiger partial charge in [-0.25, -0.2) is 14.3 Å². The molecule has 2 N–H and O–H groups in total. The number of carboxylic acid groups (broad SMARTS) is 1. The first-order valence-electron chi connectivity index (χ1n) is 10.9. The van der Waals surface area contributed by atoms with Gasteiger partial charge in [-0.3, -0.25) is 5.43 Å². The Morgan fingerprint density at radius 3 is 2.56 bits per heavy atom. The summed E-state index contributed by atoms with van der Waals surface area (Å²) in [7, 11) is 1.60. The van der Waals surface area contributed by atoms with Gasteiger partial charge in [0.05, 0.1) is 35.8 Å². The van der Waals surface area contributed by atoms with Crippen LogP contribution in [0.5, 0.6) is 5.75 Å². The lowest BCUT2D eigenvalue weighted by molar-refractivity contribution is 0.0697. The zero-order valence-corrected chi connectivity index (χ0v) is 19.1. The summed E-state index contributed by atoms with van der Waals surface area (Å²) in [5.74, 6) is -0.293. The van der Waals surface area contributed by atoms with E-state index in [1.807, 2.05) is 36.4 Å². The molecule has 2 heterocycles. The largest absolute Gasteiger partial charge is 0.497 e. The van der Waals surface area contributed by atoms with Crippen LogP contribution in [0.3, 0.4) is 0 Å². The molecule has 0 spiro atoms. The lowest BCUT2D eigenvalue weighted by Gasteiger charge is -2.03. The van der Waals surface area contributed by atoms with Gasteiger partial charge >= 0.3 is 11.6 Å². The molecule has 0 amide bonds. The van der Waals surface area contributed by atoms with E-state index in [1.165, 1.54) is 12.1 Å². The Bertz CT molecular complexity index is 1630. The van der Waals surface area contributed by atoms with Crippen LogP contribution in [0.15, 0.2) is 99.4 Å². The highest BCUT2D eigenvalue weighted by Crippen LogP contribution is 2.24. The first kappa shape index (κ1) is 22.6. The molecule has 5 rings (SSSR count). The average Bonchev–Trinajstić information content (AvgIpc) is 3.32. The fraction of sp³-hybridized carbons (Fsp3) is 0.0370. The molecule has 0 aliphatic rings. The van der Waals surface area contributed by atoms with Crippen LogP contribution >= 0.6 is 0 Å². The molecule has 0 saturated heterocycles. The predicted molar refractivity (Wildman–Crippen MR) is 136 cm³/mol. The Labute approximate surface area is 204 Å². The number of aromatic carboxylic acids is 1. The zero-order chi connectivity index (χ0) is 25.1. The molecule has 0 fully saturated rings. The molecular weight excluding hydrogens is 460 g/mol. The fourth-order valence-corrected chi connectivity index (χ4v) is 3.65. The molecule has 178 valence electrons. The summed E-state index contributed by atoms with van der Waals surface area (Å²) in [5.41, 5.74) is 5.63. The van der Waals surface area contributed by atoms with Crippen LogP contribution in [0, 0.1) is 0 Å². The van der Waals surface area contributed by atoms with Crippen LogP contribution < -0.4 is 15.8 Å². The van der Waals surface area contributed by atoms with Gasteiger partial charge in [-0.15, -0.1) is 0 Å². The van der Waals surface area contributed by atoms with Gasteiger partial charge in [0.25, 0.3) is 0 Å². The van der Waals surface area contributed by atoms with Crippen molar-refractivity contribution in [3.8, 4) is 22.7 Å². The first-order valence-corrected chi connectivity index (χ1v) is 10.9. The van der Waals surface area contributed by atoms with Crippen molar-refractivity contribution in [1.29, 1.82) is 0 Å². The molecule has 9 nitrogen and oxygen atoms in total. The Kier molecular flexibility index (Phi) is 6.02. The number of methoxy groups -OCH3 is 1. The number of rotatable bonds is 7. The number of hydrogen-bond acceptors (Lipinski definition) is 7. The smallest absolute Gasteiger partial charge is 0.345 e. The molecule has 2 aromatic heterocycles. The molecule has 0 aliphatic heterocycles. The van der Waals surface area contributed by atoms with E-state index in [0.29, 0.717) is 22.5 Å². The minimum atomic E-state index is -1.02. The molecule has 5 aromatic rings. The van der Waals surface area contributed by atoms with Gasteiger partial charge < -0.3 is 14.3 Å². The Morgan fingerprint density at radius 1 is 1.08 bits per heavy atom. The minimum absolute atomic E-state index is 0.159. The highest BCUT2D eigenvalue weighted by molar-refractivity contribution is 5.91. The van der Waals surface area contributed by atoms with Crippen LogP contribution in [-0.4, -0.2) is 34.2 Å². The standard InChI is InChI=1S/C27H20N4O5/c1-35-22-12-8-20(9-13-22)29-28-15-19-16-31(21-10-6-17(7-11-21)26(32)33)30-25(19)23-14-18-4-2-3-5-24(18)36-27(23)34/h2-16,29H,1H3,(H,32,33)/b28-15+. The number of ether oxygens (including phenoxy) is 1. The van der Waals surface area contributed by atoms with Gasteiger partial charge in [-0.05, 0) is 60.7 Å². The van der Waals surface area contributed by atoms with Crippen molar-refractivity contribution >= 4 is 28.8 Å². The third-order valence-corrected chi connectivity index (χ3v) is 5.51. The maximum atomic E-state index is 12.9. The van der Waals surface area contributed by atoms with Gasteiger partial charge in [0.2, 0.25) is 0 Å². The molecule has 3 aromatic carbocycles. The van der Waals surface area contributed by atoms with Crippen LogP contribution in [-0.2, 0) is 0 Å². The fourth-order valence-electron chi connectivity index (χ4n) is 3.65. The molecule has 0 bridgehead atoms. The highest BCUT2D eigenvalue weighted by Gasteiger charge is 2.17. The van der Waals surface area contributed by atoms with Crippen molar-refractivity contribution in [1.82, 2.24) is 9.78 Å². The normalized spacial score (nSPS) is 11.1. The van der Waals surface area contributed by atoms with Gasteiger partial charge in [0.15, 0.2) is 0 Å². The lowest BCUT2D eigenvalue weighted by Crippen LogP contribution is -2.05. The van der Waals surface area contributed by atoms with E-state index in [9.17, 15) is 14.7 Å². The van der Waals surface area contributed by atoms with Crippen molar-refractivity contribution in [2.75, 3.05) is 12.5 Å². The second-order valence-corrected chi connectivity index (χ2v) is 7.81. The third-order valence-electron chi connectivity index (χ3n) is 5.51. The van der Waals surface area contributed by atoms with Crippen LogP contribution in [0.1, 0.15) is 15.9 Å². The monoisotopic (exact) mass is 480 g/mol. The van der Waals surface area contributed by atoms with Crippen LogP contribution in [0.25, 0.3) is 27.9 Å². The second kappa shape index (κ2) is 9.59. The number of hydrazone groups is 1. The summed E-state index contributed by atoms with van der Waals surface area (Å²) in [5, 5.41) is 18.9. The number of hydrogen-bond donors (Lipinski definition) is 2. The molecule has 0 saturated carbocycles. The molecule has 36 heavy (non-hydrogen) atoms. The number of nitrogens with zero attached hydrogens (tertiary/aromatic N) is 3. The predicted octanol–water partition coefficient (Wildman–Crippen LogP) is 4.80. The number of para-hydroxylation sites is 1. The molecule has 0 unspecified atom stereocenters. The van der Waals surface area contributed by atoms with Crippen LogP contribution in [0.4, 0.5) is 5.69 Å². The molecular formula is C27H20N4O5. The van der Waals surface area contributed by atoms with Crippen molar-refractivity contribution in [2.45, 2.75) is 0 Å². The Hall–Kier alpha value is -5.18. The summed E-state index contributed by atoms with van der Waals surface area (Å²) < 4.78 is 12.2. The molecule has 0 radical (unpaired) electrons. The molecule has 0 atom stereocenters. The minimum Gasteiger partial charge on any atom is -0.497 e. The van der Waals surface area contributed by atoms with Crippen molar-refractivity contribution in [3.63, 3.8) is 0 Å². The van der Waals surface area contributed by atoms with Gasteiger partial charge in [-0.2, -0.15) is 10.2 Å². The van der Waals surface area contributed by atoms with E-state index < -0.39 is 11.6 Å². The first-order chi connectivity index (χ1) is 17.5. The second-order valence-electron chi connectivity index (χ2n) is 7.81. The number of nitrogens with one attached hydrogen (secondary N) is 1. The van der Waals surface area contributed by atoms with Crippen molar-refractivity contribution in [2.24, 2.45) is 5.10 Å². The number of fused-ring (bicyclic) bond motifs is 1. The summed E-state index contributed by atoms with van der Waals surface area (Å²) in [4.78, 5) is 24.1. The van der Waals surface area contributed by atoms with E-state index in [0.717, 1.165) is 16.8 Å².